The minimum absolute atomic E-state index is 0.0850. The Hall–Kier alpha value is -1.40. The van der Waals surface area contributed by atoms with Gasteiger partial charge in [0, 0.05) is 5.56 Å². The third-order valence-corrected chi connectivity index (χ3v) is 3.76. The summed E-state index contributed by atoms with van der Waals surface area (Å²) in [6.07, 6.45) is 2.55. The van der Waals surface area contributed by atoms with Crippen LogP contribution in [-0.2, 0) is 4.79 Å². The molecule has 0 N–H and O–H groups in total. The van der Waals surface area contributed by atoms with Crippen LogP contribution in [0.2, 0.25) is 0 Å². The maximum Gasteiger partial charge on any atom is 0.259 e. The van der Waals surface area contributed by atoms with Gasteiger partial charge in [-0.2, -0.15) is 10.1 Å². The van der Waals surface area contributed by atoms with E-state index in [0.717, 1.165) is 17.7 Å². The largest absolute Gasteiger partial charge is 0.493 e. The van der Waals surface area contributed by atoms with Crippen LogP contribution in [0.15, 0.2) is 29.4 Å². The van der Waals surface area contributed by atoms with E-state index in [4.69, 9.17) is 17.0 Å². The first-order valence-electron chi connectivity index (χ1n) is 5.98. The van der Waals surface area contributed by atoms with Gasteiger partial charge in [-0.3, -0.25) is 4.79 Å². The average Bonchev–Trinajstić information content (AvgIpc) is 2.74. The van der Waals surface area contributed by atoms with Gasteiger partial charge in [-0.1, -0.05) is 43.0 Å². The molecule has 19 heavy (non-hydrogen) atoms. The average molecular weight is 294 g/mol. The van der Waals surface area contributed by atoms with Crippen molar-refractivity contribution >= 4 is 40.4 Å². The number of para-hydroxylation sites is 1. The first-order valence-corrected chi connectivity index (χ1v) is 7.37. The molecule has 0 radical (unpaired) electrons. The normalized spacial score (nSPS) is 15.5. The van der Waals surface area contributed by atoms with Crippen molar-refractivity contribution in [1.29, 1.82) is 0 Å². The zero-order valence-corrected chi connectivity index (χ0v) is 12.2. The van der Waals surface area contributed by atoms with Crippen LogP contribution in [0.4, 0.5) is 0 Å². The van der Waals surface area contributed by atoms with Gasteiger partial charge in [-0.05, 0) is 18.6 Å². The topological polar surface area (TPSA) is 41.9 Å². The standard InChI is InChI=1S/C13H14N2O2S2/c1-2-7-17-11-6-4-3-5-10(11)8-14-15-12(16)9-19-13(15)18/h3-6,8H,2,7,9H2,1H3/b14-8-. The number of hydrogen-bond acceptors (Lipinski definition) is 5. The van der Waals surface area contributed by atoms with Crippen LogP contribution in [-0.4, -0.2) is 33.8 Å². The lowest BCUT2D eigenvalue weighted by molar-refractivity contribution is -0.123. The fraction of sp³-hybridized carbons (Fsp3) is 0.308. The van der Waals surface area contributed by atoms with Gasteiger partial charge in [0.2, 0.25) is 0 Å². The molecule has 4 nitrogen and oxygen atoms in total. The fourth-order valence-corrected chi connectivity index (χ4v) is 2.48. The number of nitrogens with zero attached hydrogens (tertiary/aromatic N) is 2. The van der Waals surface area contributed by atoms with E-state index in [1.54, 1.807) is 6.21 Å². The molecule has 0 atom stereocenters. The number of rotatable bonds is 5. The van der Waals surface area contributed by atoms with Crippen molar-refractivity contribution in [2.45, 2.75) is 13.3 Å². The SMILES string of the molecule is CCCOc1ccccc1/C=N\N1C(=O)CSC1=S. The van der Waals surface area contributed by atoms with Crippen LogP contribution in [0.25, 0.3) is 0 Å². The van der Waals surface area contributed by atoms with E-state index in [1.165, 1.54) is 16.8 Å². The Morgan fingerprint density at radius 2 is 2.32 bits per heavy atom. The quantitative estimate of drug-likeness (QED) is 0.618. The molecule has 100 valence electrons. The predicted molar refractivity (Wildman–Crippen MR) is 81.7 cm³/mol. The summed E-state index contributed by atoms with van der Waals surface area (Å²) in [5.41, 5.74) is 0.837. The lowest BCUT2D eigenvalue weighted by atomic mass is 10.2. The van der Waals surface area contributed by atoms with Crippen LogP contribution >= 0.6 is 24.0 Å². The summed E-state index contributed by atoms with van der Waals surface area (Å²) >= 11 is 6.39. The Bertz CT molecular complexity index is 501. The van der Waals surface area contributed by atoms with E-state index >= 15 is 0 Å². The van der Waals surface area contributed by atoms with Crippen molar-refractivity contribution < 1.29 is 9.53 Å². The molecule has 0 aromatic heterocycles. The molecule has 0 spiro atoms. The van der Waals surface area contributed by atoms with Crippen LogP contribution in [0, 0.1) is 0 Å². The van der Waals surface area contributed by atoms with Crippen molar-refractivity contribution in [3.8, 4) is 5.75 Å². The van der Waals surface area contributed by atoms with E-state index in [1.807, 2.05) is 24.3 Å². The van der Waals surface area contributed by atoms with Crippen LogP contribution in [0.5, 0.6) is 5.75 Å². The molecule has 1 aliphatic heterocycles. The Balaban J connectivity index is 2.14. The molecule has 0 unspecified atom stereocenters. The molecule has 6 heteroatoms. The molecular formula is C13H14N2O2S2. The van der Waals surface area contributed by atoms with Gasteiger partial charge >= 0.3 is 0 Å². The van der Waals surface area contributed by atoms with Crippen molar-refractivity contribution in [1.82, 2.24) is 5.01 Å². The number of carbonyl (C=O) groups is 1. The molecule has 1 saturated heterocycles. The molecule has 0 aliphatic carbocycles. The monoisotopic (exact) mass is 294 g/mol. The number of carbonyl (C=O) groups excluding carboxylic acids is 1. The second kappa shape index (κ2) is 6.68. The molecule has 1 aliphatic rings. The minimum atomic E-state index is -0.0850. The second-order valence-corrected chi connectivity index (χ2v) is 5.50. The summed E-state index contributed by atoms with van der Waals surface area (Å²) in [6, 6.07) is 7.59. The zero-order chi connectivity index (χ0) is 13.7. The van der Waals surface area contributed by atoms with Gasteiger partial charge in [-0.25, -0.2) is 0 Å². The lowest BCUT2D eigenvalue weighted by Crippen LogP contribution is -2.22. The Labute approximate surface area is 121 Å². The first-order chi connectivity index (χ1) is 9.22. The fourth-order valence-electron chi connectivity index (χ4n) is 1.51. The summed E-state index contributed by atoms with van der Waals surface area (Å²) < 4.78 is 6.12. The third-order valence-electron chi connectivity index (χ3n) is 2.42. The van der Waals surface area contributed by atoms with Gasteiger partial charge in [0.25, 0.3) is 5.91 Å². The minimum Gasteiger partial charge on any atom is -0.493 e. The first kappa shape index (κ1) is 14.0. The lowest BCUT2D eigenvalue weighted by Gasteiger charge is -2.09. The molecule has 1 amide bonds. The van der Waals surface area contributed by atoms with Crippen molar-refractivity contribution in [2.24, 2.45) is 5.10 Å². The van der Waals surface area contributed by atoms with Crippen molar-refractivity contribution in [2.75, 3.05) is 12.4 Å². The molecule has 1 aromatic carbocycles. The van der Waals surface area contributed by atoms with Crippen molar-refractivity contribution in [3.63, 3.8) is 0 Å². The summed E-state index contributed by atoms with van der Waals surface area (Å²) in [5, 5.41) is 5.40. The number of hydrazone groups is 1. The summed E-state index contributed by atoms with van der Waals surface area (Å²) in [6.45, 7) is 2.71. The Morgan fingerprint density at radius 3 is 3.00 bits per heavy atom. The molecular weight excluding hydrogens is 280 g/mol. The summed E-state index contributed by atoms with van der Waals surface area (Å²) in [5.74, 6) is 1.04. The molecule has 1 fully saturated rings. The molecule has 0 saturated carbocycles. The molecule has 1 aromatic rings. The molecule has 1 heterocycles. The van der Waals surface area contributed by atoms with E-state index in [9.17, 15) is 4.79 Å². The predicted octanol–water partition coefficient (Wildman–Crippen LogP) is 2.67. The van der Waals surface area contributed by atoms with Crippen LogP contribution in [0.1, 0.15) is 18.9 Å². The summed E-state index contributed by atoms with van der Waals surface area (Å²) in [7, 11) is 0. The van der Waals surface area contributed by atoms with Gasteiger partial charge in [0.05, 0.1) is 18.6 Å². The van der Waals surface area contributed by atoms with E-state index in [0.29, 0.717) is 16.7 Å². The number of thiocarbonyl (C=S) groups is 1. The highest BCUT2D eigenvalue weighted by Gasteiger charge is 2.25. The third kappa shape index (κ3) is 3.54. The van der Waals surface area contributed by atoms with Crippen LogP contribution < -0.4 is 4.74 Å². The molecule has 2 rings (SSSR count). The molecule has 0 bridgehead atoms. The Morgan fingerprint density at radius 1 is 1.53 bits per heavy atom. The number of hydrogen-bond donors (Lipinski definition) is 0. The zero-order valence-electron chi connectivity index (χ0n) is 10.5. The number of amides is 1. The van der Waals surface area contributed by atoms with E-state index < -0.39 is 0 Å². The van der Waals surface area contributed by atoms with Crippen LogP contribution in [0.3, 0.4) is 0 Å². The maximum atomic E-state index is 11.5. The van der Waals surface area contributed by atoms with E-state index in [2.05, 4.69) is 12.0 Å². The second-order valence-electron chi connectivity index (χ2n) is 3.89. The van der Waals surface area contributed by atoms with Gasteiger partial charge < -0.3 is 4.74 Å². The number of thioether (sulfide) groups is 1. The van der Waals surface area contributed by atoms with E-state index in [-0.39, 0.29) is 5.91 Å². The van der Waals surface area contributed by atoms with Crippen molar-refractivity contribution in [3.05, 3.63) is 29.8 Å². The highest BCUT2D eigenvalue weighted by Crippen LogP contribution is 2.21. The number of ether oxygens (including phenoxy) is 1. The summed E-state index contributed by atoms with van der Waals surface area (Å²) in [4.78, 5) is 11.5. The maximum absolute atomic E-state index is 11.5. The smallest absolute Gasteiger partial charge is 0.259 e. The Kier molecular flexibility index (Phi) is 4.93. The van der Waals surface area contributed by atoms with Gasteiger partial charge in [0.15, 0.2) is 4.32 Å². The van der Waals surface area contributed by atoms with Gasteiger partial charge in [-0.15, -0.1) is 0 Å². The van der Waals surface area contributed by atoms with Gasteiger partial charge in [0.1, 0.15) is 5.75 Å². The highest BCUT2D eigenvalue weighted by atomic mass is 32.2. The highest BCUT2D eigenvalue weighted by molar-refractivity contribution is 8.23. The number of benzene rings is 1.